The molecule has 0 saturated heterocycles. The molecule has 0 aromatic carbocycles. The highest BCUT2D eigenvalue weighted by atomic mass is 16.5. The van der Waals surface area contributed by atoms with Crippen LogP contribution in [0.25, 0.3) is 0 Å². The van der Waals surface area contributed by atoms with Crippen LogP contribution in [0.3, 0.4) is 0 Å². The molecule has 0 heterocycles. The molecule has 0 aliphatic heterocycles. The lowest BCUT2D eigenvalue weighted by Crippen LogP contribution is -2.49. The summed E-state index contributed by atoms with van der Waals surface area (Å²) in [6.07, 6.45) is 7.31. The SMILES string of the molecule is COC(=O)NCCCC[C@H](NC(=O)OC)C(=O)NCCC(=O)N(CC(=O)NCCC=C(C(N)=O)C1CC1)CC(=O)NCCCC[C@@H](C(N)=O)C1CC1. The van der Waals surface area contributed by atoms with Gasteiger partial charge in [0.25, 0.3) is 0 Å². The maximum atomic E-state index is 13.2. The molecule has 0 spiro atoms. The lowest BCUT2D eigenvalue weighted by Gasteiger charge is -2.22. The predicted octanol–water partition coefficient (Wildman–Crippen LogP) is -0.302. The van der Waals surface area contributed by atoms with Gasteiger partial charge in [-0.1, -0.05) is 12.5 Å². The van der Waals surface area contributed by atoms with Gasteiger partial charge in [-0.05, 0) is 76.0 Å². The number of primary amides is 2. The lowest BCUT2D eigenvalue weighted by atomic mass is 9.96. The third-order valence-corrected chi connectivity index (χ3v) is 8.78. The second-order valence-electron chi connectivity index (χ2n) is 13.0. The topological polar surface area (TPSA) is 270 Å². The van der Waals surface area contributed by atoms with Gasteiger partial charge in [-0.25, -0.2) is 9.59 Å². The van der Waals surface area contributed by atoms with Gasteiger partial charge in [-0.3, -0.25) is 28.8 Å². The first-order valence-electron chi connectivity index (χ1n) is 17.9. The molecular formula is C34H56N8O10. The molecular weight excluding hydrogens is 680 g/mol. The summed E-state index contributed by atoms with van der Waals surface area (Å²) in [5.41, 5.74) is 11.5. The molecule has 18 heteroatoms. The van der Waals surface area contributed by atoms with Crippen LogP contribution in [0, 0.1) is 17.8 Å². The standard InChI is InChI=1S/C34H56N8O10/c1-51-33(49)40-17-6-4-10-26(41-34(50)52-2)32(48)39-19-15-29(45)42(21-28(44)38-18-7-9-25(31(36)47)23-13-14-23)20-27(43)37-16-5-3-8-24(30(35)46)22-11-12-22/h9,22-24,26H,3-8,10-21H2,1-2H3,(H2,35,46)(H2,36,47)(H,37,43)(H,38,44)(H,39,48)(H,40,49)(H,41,50)/t24-,26+/m1/s1. The van der Waals surface area contributed by atoms with E-state index in [1.54, 1.807) is 6.08 Å². The molecule has 2 atom stereocenters. The molecule has 0 aromatic rings. The van der Waals surface area contributed by atoms with E-state index in [0.717, 1.165) is 37.7 Å². The van der Waals surface area contributed by atoms with Crippen molar-refractivity contribution in [1.82, 2.24) is 31.5 Å². The van der Waals surface area contributed by atoms with Crippen molar-refractivity contribution in [2.45, 2.75) is 83.1 Å². The fourth-order valence-corrected chi connectivity index (χ4v) is 5.60. The van der Waals surface area contributed by atoms with Crippen LogP contribution < -0.4 is 38.1 Å². The molecule has 2 fully saturated rings. The van der Waals surface area contributed by atoms with Crippen LogP contribution in [0.5, 0.6) is 0 Å². The van der Waals surface area contributed by atoms with Crippen LogP contribution in [-0.4, -0.2) is 112 Å². The van der Waals surface area contributed by atoms with E-state index >= 15 is 0 Å². The summed E-state index contributed by atoms with van der Waals surface area (Å²) in [6, 6.07) is -0.986. The van der Waals surface area contributed by atoms with E-state index in [4.69, 9.17) is 11.5 Å². The van der Waals surface area contributed by atoms with E-state index in [2.05, 4.69) is 36.1 Å². The van der Waals surface area contributed by atoms with Gasteiger partial charge in [0.1, 0.15) is 19.1 Å². The van der Waals surface area contributed by atoms with Crippen LogP contribution in [0.4, 0.5) is 9.59 Å². The van der Waals surface area contributed by atoms with E-state index in [0.29, 0.717) is 63.1 Å². The monoisotopic (exact) mass is 736 g/mol. The first-order chi connectivity index (χ1) is 24.9. The number of nitrogens with one attached hydrogen (secondary N) is 5. The Morgan fingerprint density at radius 2 is 1.33 bits per heavy atom. The molecule has 2 rings (SSSR count). The number of methoxy groups -OCH3 is 2. The number of nitrogens with two attached hydrogens (primary N) is 2. The molecule has 0 aromatic heterocycles. The largest absolute Gasteiger partial charge is 0.453 e. The van der Waals surface area contributed by atoms with Gasteiger partial charge in [-0.2, -0.15) is 0 Å². The molecule has 0 bridgehead atoms. The van der Waals surface area contributed by atoms with Gasteiger partial charge in [0, 0.05) is 44.1 Å². The highest BCUT2D eigenvalue weighted by molar-refractivity contribution is 5.93. The van der Waals surface area contributed by atoms with Crippen molar-refractivity contribution in [2.75, 3.05) is 53.5 Å². The maximum absolute atomic E-state index is 13.2. The predicted molar refractivity (Wildman–Crippen MR) is 188 cm³/mol. The molecule has 292 valence electrons. The fourth-order valence-electron chi connectivity index (χ4n) is 5.60. The van der Waals surface area contributed by atoms with Crippen LogP contribution in [0.15, 0.2) is 11.6 Å². The first-order valence-corrected chi connectivity index (χ1v) is 17.9. The Morgan fingerprint density at radius 3 is 1.88 bits per heavy atom. The normalized spacial score (nSPS) is 14.9. The minimum absolute atomic E-state index is 0.148. The minimum atomic E-state index is -0.986. The Hall–Kier alpha value is -4.90. The number of ether oxygens (including phenoxy) is 2. The van der Waals surface area contributed by atoms with Crippen molar-refractivity contribution in [3.63, 3.8) is 0 Å². The Morgan fingerprint density at radius 1 is 0.731 bits per heavy atom. The third-order valence-electron chi connectivity index (χ3n) is 8.78. The number of rotatable bonds is 26. The second kappa shape index (κ2) is 23.6. The summed E-state index contributed by atoms with van der Waals surface area (Å²) in [5.74, 6) is -2.60. The first kappa shape index (κ1) is 43.3. The number of carbonyl (C=O) groups is 8. The summed E-state index contributed by atoms with van der Waals surface area (Å²) in [4.78, 5) is 99.3. The lowest BCUT2D eigenvalue weighted by molar-refractivity contribution is -0.139. The van der Waals surface area contributed by atoms with Gasteiger partial charge in [0.05, 0.1) is 14.2 Å². The van der Waals surface area contributed by atoms with Gasteiger partial charge in [-0.15, -0.1) is 0 Å². The van der Waals surface area contributed by atoms with Crippen molar-refractivity contribution in [2.24, 2.45) is 29.2 Å². The highest BCUT2D eigenvalue weighted by Crippen LogP contribution is 2.39. The van der Waals surface area contributed by atoms with Crippen LogP contribution in [-0.2, 0) is 38.2 Å². The third kappa shape index (κ3) is 17.8. The Labute approximate surface area is 304 Å². The number of hydrogen-bond donors (Lipinski definition) is 7. The van der Waals surface area contributed by atoms with Crippen molar-refractivity contribution in [3.05, 3.63) is 11.6 Å². The van der Waals surface area contributed by atoms with Crippen LogP contribution in [0.1, 0.15) is 77.0 Å². The zero-order chi connectivity index (χ0) is 38.5. The molecule has 8 amide bonds. The van der Waals surface area contributed by atoms with Gasteiger partial charge < -0.3 is 52.4 Å². The molecule has 2 aliphatic carbocycles. The van der Waals surface area contributed by atoms with Gasteiger partial charge >= 0.3 is 12.2 Å². The van der Waals surface area contributed by atoms with Gasteiger partial charge in [0.15, 0.2) is 0 Å². The van der Waals surface area contributed by atoms with E-state index in [1.165, 1.54) is 7.11 Å². The van der Waals surface area contributed by atoms with Crippen molar-refractivity contribution >= 4 is 47.6 Å². The summed E-state index contributed by atoms with van der Waals surface area (Å²) in [5, 5.41) is 13.0. The molecule has 0 unspecified atom stereocenters. The Balaban J connectivity index is 1.91. The maximum Gasteiger partial charge on any atom is 0.407 e. The molecule has 9 N–H and O–H groups in total. The average molecular weight is 737 g/mol. The number of carbonyl (C=O) groups excluding carboxylic acids is 8. The van der Waals surface area contributed by atoms with Crippen molar-refractivity contribution in [1.29, 1.82) is 0 Å². The Kier molecular flexibility index (Phi) is 19.6. The minimum Gasteiger partial charge on any atom is -0.453 e. The fraction of sp³-hybridized carbons (Fsp3) is 0.706. The van der Waals surface area contributed by atoms with E-state index in [1.807, 2.05) is 0 Å². The molecule has 18 nitrogen and oxygen atoms in total. The van der Waals surface area contributed by atoms with Crippen molar-refractivity contribution < 1.29 is 47.8 Å². The van der Waals surface area contributed by atoms with E-state index in [9.17, 15) is 38.4 Å². The number of hydrogen-bond acceptors (Lipinski definition) is 10. The zero-order valence-corrected chi connectivity index (χ0v) is 30.3. The smallest absolute Gasteiger partial charge is 0.407 e. The molecule has 0 radical (unpaired) electrons. The summed E-state index contributed by atoms with van der Waals surface area (Å²) in [7, 11) is 2.39. The zero-order valence-electron chi connectivity index (χ0n) is 30.3. The van der Waals surface area contributed by atoms with Crippen LogP contribution in [0.2, 0.25) is 0 Å². The molecule has 2 saturated carbocycles. The number of alkyl carbamates (subject to hydrolysis) is 2. The number of unbranched alkanes of at least 4 members (excludes halogenated alkanes) is 2. The van der Waals surface area contributed by atoms with E-state index in [-0.39, 0.29) is 43.7 Å². The van der Waals surface area contributed by atoms with E-state index < -0.39 is 60.9 Å². The molecule has 52 heavy (non-hydrogen) atoms. The van der Waals surface area contributed by atoms with Crippen LogP contribution >= 0.6 is 0 Å². The number of nitrogens with zero attached hydrogens (tertiary/aromatic N) is 1. The highest BCUT2D eigenvalue weighted by Gasteiger charge is 2.34. The summed E-state index contributed by atoms with van der Waals surface area (Å²) in [6.45, 7) is -0.193. The molecule has 2 aliphatic rings. The second-order valence-corrected chi connectivity index (χ2v) is 13.0. The van der Waals surface area contributed by atoms with Crippen molar-refractivity contribution in [3.8, 4) is 0 Å². The average Bonchev–Trinajstić information content (AvgIpc) is 4.04. The summed E-state index contributed by atoms with van der Waals surface area (Å²) < 4.78 is 9.12. The quantitative estimate of drug-likeness (QED) is 0.0450. The van der Waals surface area contributed by atoms with Gasteiger partial charge in [0.2, 0.25) is 35.4 Å². The Bertz CT molecular complexity index is 1280. The summed E-state index contributed by atoms with van der Waals surface area (Å²) >= 11 is 0. The number of amides is 8.